The smallest absolute Gasteiger partial charge is 0.118 e. The van der Waals surface area contributed by atoms with Gasteiger partial charge in [-0.1, -0.05) is 12.1 Å². The minimum Gasteiger partial charge on any atom is -0.508 e. The summed E-state index contributed by atoms with van der Waals surface area (Å²) < 4.78 is 0. The summed E-state index contributed by atoms with van der Waals surface area (Å²) in [5.41, 5.74) is 10.8. The Balaban J connectivity index is 2.50. The number of nitrogens with two attached hydrogens (primary N) is 1. The maximum absolute atomic E-state index is 9.47. The van der Waals surface area contributed by atoms with Gasteiger partial charge in [0.15, 0.2) is 0 Å². The van der Waals surface area contributed by atoms with Crippen LogP contribution in [0.15, 0.2) is 36.4 Å². The van der Waals surface area contributed by atoms with Crippen molar-refractivity contribution in [2.75, 3.05) is 5.73 Å². The summed E-state index contributed by atoms with van der Waals surface area (Å²) in [7, 11) is 0. The van der Waals surface area contributed by atoms with Gasteiger partial charge in [0, 0.05) is 5.69 Å². The molecule has 2 rings (SSSR count). The number of hydrogen-bond donors (Lipinski definition) is 2. The highest BCUT2D eigenvalue weighted by Crippen LogP contribution is 2.27. The summed E-state index contributed by atoms with van der Waals surface area (Å²) >= 11 is 0. The minimum absolute atomic E-state index is 0.330. The average Bonchev–Trinajstić information content (AvgIpc) is 2.26. The molecule has 0 spiro atoms. The molecule has 82 valence electrons. The molecule has 0 fully saturated rings. The van der Waals surface area contributed by atoms with Gasteiger partial charge in [0.05, 0.1) is 0 Å². The lowest BCUT2D eigenvalue weighted by atomic mass is 10.0. The Morgan fingerprint density at radius 1 is 0.875 bits per heavy atom. The molecule has 0 aliphatic carbocycles. The molecule has 2 heteroatoms. The molecule has 0 heterocycles. The van der Waals surface area contributed by atoms with Crippen molar-refractivity contribution in [2.24, 2.45) is 0 Å². The molecule has 2 aromatic carbocycles. The normalized spacial score (nSPS) is 10.4. The van der Waals surface area contributed by atoms with Gasteiger partial charge in [0.2, 0.25) is 0 Å². The molecule has 0 bridgehead atoms. The lowest BCUT2D eigenvalue weighted by Gasteiger charge is -2.07. The second kappa shape index (κ2) is 3.89. The van der Waals surface area contributed by atoms with Crippen LogP contribution in [0.1, 0.15) is 11.1 Å². The first-order valence-electron chi connectivity index (χ1n) is 5.24. The van der Waals surface area contributed by atoms with Gasteiger partial charge in [-0.2, -0.15) is 0 Å². The summed E-state index contributed by atoms with van der Waals surface area (Å²) in [5, 5.41) is 9.47. The van der Waals surface area contributed by atoms with Gasteiger partial charge in [0.1, 0.15) is 5.75 Å². The lowest BCUT2D eigenvalue weighted by molar-refractivity contribution is 0.471. The van der Waals surface area contributed by atoms with Crippen LogP contribution in [0, 0.1) is 13.8 Å². The summed E-state index contributed by atoms with van der Waals surface area (Å²) in [6, 6.07) is 11.6. The molecule has 0 aliphatic heterocycles. The zero-order chi connectivity index (χ0) is 11.7. The van der Waals surface area contributed by atoms with Crippen LogP contribution >= 0.6 is 0 Å². The van der Waals surface area contributed by atoms with Crippen molar-refractivity contribution in [3.8, 4) is 16.9 Å². The molecule has 2 aromatic rings. The Morgan fingerprint density at radius 2 is 1.44 bits per heavy atom. The van der Waals surface area contributed by atoms with E-state index in [0.717, 1.165) is 27.9 Å². The number of benzene rings is 2. The van der Waals surface area contributed by atoms with Crippen LogP contribution in [0.25, 0.3) is 11.1 Å². The Kier molecular flexibility index (Phi) is 2.57. The van der Waals surface area contributed by atoms with E-state index in [1.807, 2.05) is 38.1 Å². The van der Waals surface area contributed by atoms with Crippen LogP contribution in [-0.2, 0) is 0 Å². The number of nitrogen functional groups attached to an aromatic ring is 1. The molecule has 0 saturated heterocycles. The van der Waals surface area contributed by atoms with Gasteiger partial charge >= 0.3 is 0 Å². The standard InChI is InChI=1S/C14H15NO/c1-9-7-11(3-5-13(9)15)12-4-6-14(16)10(2)8-12/h3-8,16H,15H2,1-2H3. The monoisotopic (exact) mass is 213 g/mol. The molecule has 3 N–H and O–H groups in total. The van der Waals surface area contributed by atoms with Gasteiger partial charge in [-0.25, -0.2) is 0 Å². The topological polar surface area (TPSA) is 46.2 Å². The number of hydrogen-bond acceptors (Lipinski definition) is 2. The second-order valence-corrected chi connectivity index (χ2v) is 4.07. The van der Waals surface area contributed by atoms with Crippen LogP contribution in [0.5, 0.6) is 5.75 Å². The van der Waals surface area contributed by atoms with Gasteiger partial charge in [-0.15, -0.1) is 0 Å². The van der Waals surface area contributed by atoms with Gasteiger partial charge < -0.3 is 10.8 Å². The van der Waals surface area contributed by atoms with Gasteiger partial charge in [0.25, 0.3) is 0 Å². The molecule has 0 radical (unpaired) electrons. The maximum Gasteiger partial charge on any atom is 0.118 e. The number of phenols is 1. The fourth-order valence-corrected chi connectivity index (χ4v) is 1.69. The fourth-order valence-electron chi connectivity index (χ4n) is 1.69. The van der Waals surface area contributed by atoms with E-state index >= 15 is 0 Å². The molecule has 2 nitrogen and oxygen atoms in total. The van der Waals surface area contributed by atoms with Crippen LogP contribution in [0.2, 0.25) is 0 Å². The van der Waals surface area contributed by atoms with Gasteiger partial charge in [-0.05, 0) is 60.4 Å². The third-order valence-electron chi connectivity index (χ3n) is 2.80. The quantitative estimate of drug-likeness (QED) is 0.714. The Morgan fingerprint density at radius 3 is 2.00 bits per heavy atom. The molecule has 0 amide bonds. The van der Waals surface area contributed by atoms with Crippen LogP contribution in [-0.4, -0.2) is 5.11 Å². The predicted octanol–water partition coefficient (Wildman–Crippen LogP) is 3.26. The number of rotatable bonds is 1. The van der Waals surface area contributed by atoms with Crippen molar-refractivity contribution in [1.29, 1.82) is 0 Å². The first-order valence-corrected chi connectivity index (χ1v) is 5.24. The van der Waals surface area contributed by atoms with Crippen molar-refractivity contribution < 1.29 is 5.11 Å². The van der Waals surface area contributed by atoms with Crippen molar-refractivity contribution in [3.63, 3.8) is 0 Å². The van der Waals surface area contributed by atoms with E-state index < -0.39 is 0 Å². The van der Waals surface area contributed by atoms with Crippen molar-refractivity contribution >= 4 is 5.69 Å². The SMILES string of the molecule is Cc1cc(-c2ccc(O)c(C)c2)ccc1N. The highest BCUT2D eigenvalue weighted by atomic mass is 16.3. The van der Waals surface area contributed by atoms with Crippen LogP contribution in [0.3, 0.4) is 0 Å². The highest BCUT2D eigenvalue weighted by molar-refractivity contribution is 5.69. The molecule has 0 atom stereocenters. The van der Waals surface area contributed by atoms with E-state index in [9.17, 15) is 5.11 Å². The summed E-state index contributed by atoms with van der Waals surface area (Å²) in [6.07, 6.45) is 0. The summed E-state index contributed by atoms with van der Waals surface area (Å²) in [6.45, 7) is 3.88. The van der Waals surface area contributed by atoms with E-state index in [4.69, 9.17) is 5.73 Å². The fraction of sp³-hybridized carbons (Fsp3) is 0.143. The van der Waals surface area contributed by atoms with E-state index in [0.29, 0.717) is 5.75 Å². The average molecular weight is 213 g/mol. The molecule has 0 saturated carbocycles. The largest absolute Gasteiger partial charge is 0.508 e. The van der Waals surface area contributed by atoms with E-state index in [1.54, 1.807) is 6.07 Å². The van der Waals surface area contributed by atoms with Crippen molar-refractivity contribution in [1.82, 2.24) is 0 Å². The Labute approximate surface area is 95.4 Å². The Hall–Kier alpha value is -1.96. The van der Waals surface area contributed by atoms with E-state index in [2.05, 4.69) is 6.07 Å². The summed E-state index contributed by atoms with van der Waals surface area (Å²) in [5.74, 6) is 0.330. The third-order valence-corrected chi connectivity index (χ3v) is 2.80. The summed E-state index contributed by atoms with van der Waals surface area (Å²) in [4.78, 5) is 0. The molecular formula is C14H15NO. The van der Waals surface area contributed by atoms with Crippen LogP contribution in [0.4, 0.5) is 5.69 Å². The highest BCUT2D eigenvalue weighted by Gasteiger charge is 2.02. The van der Waals surface area contributed by atoms with Crippen molar-refractivity contribution in [2.45, 2.75) is 13.8 Å². The molecular weight excluding hydrogens is 198 g/mol. The van der Waals surface area contributed by atoms with E-state index in [1.165, 1.54) is 0 Å². The number of anilines is 1. The first-order chi connectivity index (χ1) is 7.58. The molecule has 0 aromatic heterocycles. The second-order valence-electron chi connectivity index (χ2n) is 4.07. The minimum atomic E-state index is 0.330. The lowest BCUT2D eigenvalue weighted by Crippen LogP contribution is -1.89. The maximum atomic E-state index is 9.47. The zero-order valence-electron chi connectivity index (χ0n) is 9.49. The van der Waals surface area contributed by atoms with E-state index in [-0.39, 0.29) is 0 Å². The first kappa shape index (κ1) is 10.6. The van der Waals surface area contributed by atoms with Crippen LogP contribution < -0.4 is 5.73 Å². The Bertz CT molecular complexity index is 483. The zero-order valence-corrected chi connectivity index (χ0v) is 9.49. The number of aromatic hydroxyl groups is 1. The molecule has 16 heavy (non-hydrogen) atoms. The number of phenolic OH excluding ortho intramolecular Hbond substituents is 1. The predicted molar refractivity (Wildman–Crippen MR) is 67.4 cm³/mol. The third kappa shape index (κ3) is 1.87. The molecule has 0 unspecified atom stereocenters. The van der Waals surface area contributed by atoms with Crippen molar-refractivity contribution in [3.05, 3.63) is 47.5 Å². The molecule has 0 aliphatic rings. The number of aryl methyl sites for hydroxylation is 2. The van der Waals surface area contributed by atoms with Gasteiger partial charge in [-0.3, -0.25) is 0 Å².